The predicted molar refractivity (Wildman–Crippen MR) is 63.7 cm³/mol. The summed E-state index contributed by atoms with van der Waals surface area (Å²) in [5.41, 5.74) is -0.716. The molecule has 1 aromatic rings. The molecular weight excluding hydrogens is 332 g/mol. The highest BCUT2D eigenvalue weighted by atomic mass is 79.9. The van der Waals surface area contributed by atoms with E-state index < -0.39 is 28.8 Å². The van der Waals surface area contributed by atoms with Crippen LogP contribution in [0.1, 0.15) is 15.9 Å². The number of methoxy groups -OCH3 is 1. The van der Waals surface area contributed by atoms with E-state index in [4.69, 9.17) is 0 Å². The number of nitrogens with zero attached hydrogens (tertiary/aromatic N) is 1. The second kappa shape index (κ2) is 6.41. The maximum absolute atomic E-state index is 12.2. The molecule has 0 amide bonds. The summed E-state index contributed by atoms with van der Waals surface area (Å²) >= 11 is 2.99. The summed E-state index contributed by atoms with van der Waals surface area (Å²) in [5, 5.41) is 10.9. The number of nitro groups is 1. The van der Waals surface area contributed by atoms with Gasteiger partial charge in [-0.05, 0) is 6.07 Å². The topological polar surface area (TPSA) is 78.7 Å². The first-order valence-corrected chi connectivity index (χ1v) is 5.93. The third-order valence-electron chi connectivity index (χ3n) is 2.14. The van der Waals surface area contributed by atoms with Crippen molar-refractivity contribution in [3.05, 3.63) is 33.4 Å². The molecule has 0 bridgehead atoms. The number of ether oxygens (including phenoxy) is 2. The Labute approximate surface area is 114 Å². The fourth-order valence-electron chi connectivity index (χ4n) is 1.35. The summed E-state index contributed by atoms with van der Waals surface area (Å²) in [6, 6.07) is 1.85. The largest absolute Gasteiger partial charge is 0.465 e. The molecule has 1 aromatic carbocycles. The fourth-order valence-corrected chi connectivity index (χ4v) is 1.80. The number of benzene rings is 1. The van der Waals surface area contributed by atoms with Gasteiger partial charge in [-0.1, -0.05) is 15.9 Å². The minimum absolute atomic E-state index is 0.0460. The van der Waals surface area contributed by atoms with Crippen LogP contribution in [0.2, 0.25) is 0 Å². The molecular formula is C10H8BrF2NO5. The van der Waals surface area contributed by atoms with E-state index in [0.29, 0.717) is 0 Å². The van der Waals surface area contributed by atoms with Crippen molar-refractivity contribution in [3.8, 4) is 5.75 Å². The number of rotatable bonds is 5. The highest BCUT2D eigenvalue weighted by Crippen LogP contribution is 2.31. The minimum atomic E-state index is -3.16. The van der Waals surface area contributed by atoms with Gasteiger partial charge in [0.2, 0.25) is 0 Å². The van der Waals surface area contributed by atoms with Crippen LogP contribution in [0.3, 0.4) is 0 Å². The molecule has 104 valence electrons. The van der Waals surface area contributed by atoms with Gasteiger partial charge in [0.15, 0.2) is 0 Å². The van der Waals surface area contributed by atoms with Crippen molar-refractivity contribution >= 4 is 27.6 Å². The second-order valence-corrected chi connectivity index (χ2v) is 3.80. The summed E-state index contributed by atoms with van der Waals surface area (Å²) < 4.78 is 33.0. The second-order valence-electron chi connectivity index (χ2n) is 3.24. The van der Waals surface area contributed by atoms with E-state index in [2.05, 4.69) is 25.4 Å². The molecule has 0 heterocycles. The molecule has 0 radical (unpaired) electrons. The van der Waals surface area contributed by atoms with Gasteiger partial charge in [0, 0.05) is 17.0 Å². The number of hydrogen-bond acceptors (Lipinski definition) is 5. The average Bonchev–Trinajstić information content (AvgIpc) is 2.36. The molecule has 0 atom stereocenters. The van der Waals surface area contributed by atoms with Crippen molar-refractivity contribution in [2.75, 3.05) is 7.11 Å². The number of esters is 1. The van der Waals surface area contributed by atoms with Crippen LogP contribution in [0.15, 0.2) is 12.1 Å². The van der Waals surface area contributed by atoms with Gasteiger partial charge in [-0.15, -0.1) is 0 Å². The lowest BCUT2D eigenvalue weighted by Gasteiger charge is -2.11. The summed E-state index contributed by atoms with van der Waals surface area (Å²) in [6.45, 7) is -3.16. The smallest absolute Gasteiger partial charge is 0.387 e. The van der Waals surface area contributed by atoms with E-state index in [1.807, 2.05) is 0 Å². The van der Waals surface area contributed by atoms with Crippen LogP contribution in [0.4, 0.5) is 14.5 Å². The van der Waals surface area contributed by atoms with Gasteiger partial charge >= 0.3 is 12.6 Å². The zero-order valence-corrected chi connectivity index (χ0v) is 11.1. The fraction of sp³-hybridized carbons (Fsp3) is 0.300. The third-order valence-corrected chi connectivity index (χ3v) is 2.75. The first kappa shape index (κ1) is 15.3. The Morgan fingerprint density at radius 3 is 2.58 bits per heavy atom. The molecule has 0 fully saturated rings. The maximum atomic E-state index is 12.2. The SMILES string of the molecule is COC(=O)c1cc([N+](=O)[O-])c(CBr)cc1OC(F)F. The molecule has 0 aromatic heterocycles. The number of alkyl halides is 3. The first-order valence-electron chi connectivity index (χ1n) is 4.81. The summed E-state index contributed by atoms with van der Waals surface area (Å²) in [7, 11) is 1.03. The summed E-state index contributed by atoms with van der Waals surface area (Å²) in [6.07, 6.45) is 0. The van der Waals surface area contributed by atoms with Gasteiger partial charge in [0.1, 0.15) is 11.3 Å². The molecule has 1 rings (SSSR count). The Bertz CT molecular complexity index is 509. The van der Waals surface area contributed by atoms with Crippen molar-refractivity contribution in [2.45, 2.75) is 11.9 Å². The molecule has 19 heavy (non-hydrogen) atoms. The molecule has 0 aliphatic rings. The number of hydrogen-bond donors (Lipinski definition) is 0. The number of halogens is 3. The lowest BCUT2D eigenvalue weighted by atomic mass is 10.1. The highest BCUT2D eigenvalue weighted by molar-refractivity contribution is 9.08. The molecule has 0 saturated heterocycles. The standard InChI is InChI=1S/C10H8BrF2NO5/c1-18-9(15)6-3-7(14(16)17)5(4-11)2-8(6)19-10(12)13/h2-3,10H,4H2,1H3. The molecule has 6 nitrogen and oxygen atoms in total. The molecule has 0 saturated carbocycles. The molecule has 0 N–H and O–H groups in total. The van der Waals surface area contributed by atoms with Gasteiger partial charge in [0.05, 0.1) is 12.0 Å². The Hall–Kier alpha value is -1.77. The number of carbonyl (C=O) groups excluding carboxylic acids is 1. The quantitative estimate of drug-likeness (QED) is 0.356. The number of nitro benzene ring substituents is 1. The third kappa shape index (κ3) is 3.60. The minimum Gasteiger partial charge on any atom is -0.465 e. The van der Waals surface area contributed by atoms with E-state index in [9.17, 15) is 23.7 Å². The Morgan fingerprint density at radius 1 is 1.53 bits per heavy atom. The highest BCUT2D eigenvalue weighted by Gasteiger charge is 2.24. The van der Waals surface area contributed by atoms with E-state index in [0.717, 1.165) is 19.2 Å². The average molecular weight is 340 g/mol. The van der Waals surface area contributed by atoms with Gasteiger partial charge in [-0.3, -0.25) is 10.1 Å². The van der Waals surface area contributed by atoms with Crippen molar-refractivity contribution in [2.24, 2.45) is 0 Å². The maximum Gasteiger partial charge on any atom is 0.387 e. The zero-order chi connectivity index (χ0) is 14.6. The van der Waals surface area contributed by atoms with Crippen LogP contribution >= 0.6 is 15.9 Å². The van der Waals surface area contributed by atoms with Crippen molar-refractivity contribution in [3.63, 3.8) is 0 Å². The van der Waals surface area contributed by atoms with Crippen LogP contribution < -0.4 is 4.74 Å². The van der Waals surface area contributed by atoms with Gasteiger partial charge in [-0.25, -0.2) is 4.79 Å². The number of carbonyl (C=O) groups is 1. The van der Waals surface area contributed by atoms with Crippen molar-refractivity contribution in [1.82, 2.24) is 0 Å². The van der Waals surface area contributed by atoms with Crippen LogP contribution in [-0.4, -0.2) is 24.6 Å². The van der Waals surface area contributed by atoms with E-state index in [-0.39, 0.29) is 16.6 Å². The van der Waals surface area contributed by atoms with Crippen LogP contribution in [0.5, 0.6) is 5.75 Å². The monoisotopic (exact) mass is 339 g/mol. The van der Waals surface area contributed by atoms with Crippen LogP contribution in [0.25, 0.3) is 0 Å². The van der Waals surface area contributed by atoms with Crippen LogP contribution in [-0.2, 0) is 10.1 Å². The Kier molecular flexibility index (Phi) is 5.16. The van der Waals surface area contributed by atoms with Gasteiger partial charge in [0.25, 0.3) is 5.69 Å². The van der Waals surface area contributed by atoms with Crippen molar-refractivity contribution < 1.29 is 28.0 Å². The van der Waals surface area contributed by atoms with E-state index >= 15 is 0 Å². The summed E-state index contributed by atoms with van der Waals surface area (Å²) in [4.78, 5) is 21.5. The molecule has 0 unspecified atom stereocenters. The molecule has 0 spiro atoms. The molecule has 0 aliphatic heterocycles. The lowest BCUT2D eigenvalue weighted by Crippen LogP contribution is -2.11. The molecule has 0 aliphatic carbocycles. The van der Waals surface area contributed by atoms with E-state index in [1.165, 1.54) is 0 Å². The zero-order valence-electron chi connectivity index (χ0n) is 9.56. The van der Waals surface area contributed by atoms with Crippen molar-refractivity contribution in [1.29, 1.82) is 0 Å². The Morgan fingerprint density at radius 2 is 2.16 bits per heavy atom. The van der Waals surface area contributed by atoms with Gasteiger partial charge < -0.3 is 9.47 Å². The normalized spacial score (nSPS) is 10.4. The first-order chi connectivity index (χ1) is 8.90. The predicted octanol–water partition coefficient (Wildman–Crippen LogP) is 2.88. The van der Waals surface area contributed by atoms with E-state index in [1.54, 1.807) is 0 Å². The van der Waals surface area contributed by atoms with Gasteiger partial charge in [-0.2, -0.15) is 8.78 Å². The lowest BCUT2D eigenvalue weighted by molar-refractivity contribution is -0.385. The Balaban J connectivity index is 3.43. The summed E-state index contributed by atoms with van der Waals surface area (Å²) in [5.74, 6) is -1.47. The molecule has 9 heteroatoms. The van der Waals surface area contributed by atoms with Crippen LogP contribution in [0, 0.1) is 10.1 Å².